The first-order chi connectivity index (χ1) is 12.8. The number of aromatic nitrogens is 2. The van der Waals surface area contributed by atoms with E-state index in [1.807, 2.05) is 42.5 Å². The SMILES string of the molecule is COc1ccc(CCCn2cccc3soc4ccccc4nc2-3)cc1. The number of hydrogen-bond donors (Lipinski definition) is 0. The summed E-state index contributed by atoms with van der Waals surface area (Å²) in [6, 6.07) is 20.3. The van der Waals surface area contributed by atoms with Crippen molar-refractivity contribution in [2.75, 3.05) is 7.11 Å². The lowest BCUT2D eigenvalue weighted by molar-refractivity contribution is 0.414. The van der Waals surface area contributed by atoms with Crippen LogP contribution < -0.4 is 4.74 Å². The van der Waals surface area contributed by atoms with E-state index in [-0.39, 0.29) is 0 Å². The first-order valence-corrected chi connectivity index (χ1v) is 9.38. The quantitative estimate of drug-likeness (QED) is 0.465. The van der Waals surface area contributed by atoms with Crippen LogP contribution in [0.25, 0.3) is 21.8 Å². The zero-order valence-corrected chi connectivity index (χ0v) is 15.4. The molecule has 0 spiro atoms. The minimum absolute atomic E-state index is 0.804. The van der Waals surface area contributed by atoms with Gasteiger partial charge >= 0.3 is 0 Å². The monoisotopic (exact) mass is 364 g/mol. The van der Waals surface area contributed by atoms with Crippen LogP contribution in [0.1, 0.15) is 12.0 Å². The number of nitrogens with zero attached hydrogens (tertiary/aromatic N) is 2. The minimum atomic E-state index is 0.804. The van der Waals surface area contributed by atoms with Crippen LogP contribution in [-0.4, -0.2) is 16.7 Å². The van der Waals surface area contributed by atoms with Crippen molar-refractivity contribution in [3.63, 3.8) is 0 Å². The zero-order valence-electron chi connectivity index (χ0n) is 14.6. The standard InChI is InChI=1S/C21H20N2O2S/c1-24-17-12-10-16(11-13-17)6-4-14-23-15-5-9-20-21(23)22-18-7-2-3-8-19(18)25-26-20/h2-3,5,7-13,15H,4,6,14H2,1H3. The van der Waals surface area contributed by atoms with E-state index in [2.05, 4.69) is 29.0 Å². The molecule has 0 fully saturated rings. The van der Waals surface area contributed by atoms with E-state index in [0.717, 1.165) is 46.9 Å². The van der Waals surface area contributed by atoms with Gasteiger partial charge in [0.05, 0.1) is 7.11 Å². The highest BCUT2D eigenvalue weighted by Gasteiger charge is 2.09. The topological polar surface area (TPSA) is 40.2 Å². The number of fused-ring (bicyclic) bond motifs is 2. The molecule has 0 atom stereocenters. The van der Waals surface area contributed by atoms with E-state index in [1.165, 1.54) is 17.2 Å². The van der Waals surface area contributed by atoms with Gasteiger partial charge < -0.3 is 13.2 Å². The molecule has 2 aliphatic rings. The largest absolute Gasteiger partial charge is 0.497 e. The van der Waals surface area contributed by atoms with Crippen LogP contribution in [0.2, 0.25) is 0 Å². The molecule has 0 bridgehead atoms. The number of ether oxygens (including phenoxy) is 1. The lowest BCUT2D eigenvalue weighted by atomic mass is 10.1. The number of pyridine rings is 1. The van der Waals surface area contributed by atoms with Crippen molar-refractivity contribution >= 4 is 22.7 Å². The van der Waals surface area contributed by atoms with Gasteiger partial charge in [0.2, 0.25) is 0 Å². The molecule has 2 aliphatic heterocycles. The summed E-state index contributed by atoms with van der Waals surface area (Å²) in [6.45, 7) is 0.904. The van der Waals surface area contributed by atoms with Gasteiger partial charge in [-0.15, -0.1) is 0 Å². The van der Waals surface area contributed by atoms with E-state index in [1.54, 1.807) is 7.11 Å². The fourth-order valence-electron chi connectivity index (χ4n) is 2.96. The summed E-state index contributed by atoms with van der Waals surface area (Å²) in [5, 5.41) is 0. The third kappa shape index (κ3) is 3.58. The maximum absolute atomic E-state index is 5.82. The molecule has 2 heterocycles. The summed E-state index contributed by atoms with van der Waals surface area (Å²) in [6.07, 6.45) is 4.14. The van der Waals surface area contributed by atoms with Crippen molar-refractivity contribution in [2.24, 2.45) is 0 Å². The Hall–Kier alpha value is -2.79. The van der Waals surface area contributed by atoms with Gasteiger partial charge in [0.1, 0.15) is 16.1 Å². The van der Waals surface area contributed by atoms with Gasteiger partial charge in [-0.05, 0) is 54.8 Å². The normalized spacial score (nSPS) is 11.0. The van der Waals surface area contributed by atoms with Gasteiger partial charge in [-0.2, -0.15) is 0 Å². The minimum Gasteiger partial charge on any atom is -0.497 e. The van der Waals surface area contributed by atoms with E-state index in [9.17, 15) is 0 Å². The van der Waals surface area contributed by atoms with E-state index in [4.69, 9.17) is 13.6 Å². The van der Waals surface area contributed by atoms with Crippen molar-refractivity contribution in [2.45, 2.75) is 19.4 Å². The third-order valence-electron chi connectivity index (χ3n) is 4.34. The molecule has 5 heteroatoms. The van der Waals surface area contributed by atoms with Crippen molar-refractivity contribution in [1.82, 2.24) is 9.55 Å². The summed E-state index contributed by atoms with van der Waals surface area (Å²) >= 11 is 1.37. The molecule has 0 saturated heterocycles. The van der Waals surface area contributed by atoms with Crippen LogP contribution in [0.4, 0.5) is 0 Å². The second-order valence-corrected chi connectivity index (χ2v) is 6.86. The van der Waals surface area contributed by atoms with Gasteiger partial charge in [-0.25, -0.2) is 4.98 Å². The lowest BCUT2D eigenvalue weighted by Crippen LogP contribution is -2.05. The molecule has 4 rings (SSSR count). The lowest BCUT2D eigenvalue weighted by Gasteiger charge is -2.11. The second-order valence-electron chi connectivity index (χ2n) is 6.09. The Kier molecular flexibility index (Phi) is 4.88. The zero-order chi connectivity index (χ0) is 17.8. The highest BCUT2D eigenvalue weighted by atomic mass is 32.1. The molecule has 0 saturated carbocycles. The average molecular weight is 364 g/mol. The van der Waals surface area contributed by atoms with Crippen LogP contribution in [0.5, 0.6) is 5.75 Å². The predicted molar refractivity (Wildman–Crippen MR) is 105 cm³/mol. The van der Waals surface area contributed by atoms with Crippen LogP contribution in [0, 0.1) is 0 Å². The molecule has 26 heavy (non-hydrogen) atoms. The van der Waals surface area contributed by atoms with Crippen LogP contribution >= 0.6 is 11.6 Å². The highest BCUT2D eigenvalue weighted by molar-refractivity contribution is 7.06. The number of methoxy groups -OCH3 is 1. The van der Waals surface area contributed by atoms with Gasteiger partial charge in [0.25, 0.3) is 0 Å². The van der Waals surface area contributed by atoms with Gasteiger partial charge in [-0.3, -0.25) is 0 Å². The van der Waals surface area contributed by atoms with Crippen LogP contribution in [-0.2, 0) is 13.0 Å². The Morgan fingerprint density at radius 2 is 1.88 bits per heavy atom. The third-order valence-corrected chi connectivity index (χ3v) is 5.10. The molecule has 0 radical (unpaired) electrons. The molecule has 4 nitrogen and oxygen atoms in total. The molecule has 2 aromatic carbocycles. The number of benzene rings is 2. The molecule has 0 amide bonds. The Balaban J connectivity index is 1.57. The van der Waals surface area contributed by atoms with Crippen LogP contribution in [0.15, 0.2) is 70.7 Å². The summed E-state index contributed by atoms with van der Waals surface area (Å²) in [5.41, 5.74) is 2.99. The number of para-hydroxylation sites is 2. The van der Waals surface area contributed by atoms with Crippen molar-refractivity contribution in [3.05, 3.63) is 72.4 Å². The average Bonchev–Trinajstić information content (AvgIpc) is 2.88. The summed E-state index contributed by atoms with van der Waals surface area (Å²) in [4.78, 5) is 5.89. The molecular formula is C21H20N2O2S. The molecular weight excluding hydrogens is 344 g/mol. The Bertz CT molecular complexity index is 1010. The Morgan fingerprint density at radius 1 is 1.04 bits per heavy atom. The summed E-state index contributed by atoms with van der Waals surface area (Å²) < 4.78 is 13.2. The molecule has 2 aromatic rings. The van der Waals surface area contributed by atoms with Crippen molar-refractivity contribution in [1.29, 1.82) is 0 Å². The number of rotatable bonds is 5. The Labute approximate surface area is 156 Å². The van der Waals surface area contributed by atoms with Gasteiger partial charge in [0, 0.05) is 24.4 Å². The summed E-state index contributed by atoms with van der Waals surface area (Å²) in [7, 11) is 1.69. The highest BCUT2D eigenvalue weighted by Crippen LogP contribution is 2.26. The molecule has 0 aromatic heterocycles. The van der Waals surface area contributed by atoms with E-state index >= 15 is 0 Å². The van der Waals surface area contributed by atoms with E-state index in [0.29, 0.717) is 0 Å². The van der Waals surface area contributed by atoms with Crippen LogP contribution in [0.3, 0.4) is 0 Å². The fourth-order valence-corrected chi connectivity index (χ4v) is 3.65. The smallest absolute Gasteiger partial charge is 0.169 e. The van der Waals surface area contributed by atoms with Gasteiger partial charge in [-0.1, -0.05) is 24.3 Å². The predicted octanol–water partition coefficient (Wildman–Crippen LogP) is 5.56. The second kappa shape index (κ2) is 7.62. The summed E-state index contributed by atoms with van der Waals surface area (Å²) in [5.74, 6) is 1.85. The number of aryl methyl sites for hydroxylation is 2. The fraction of sp³-hybridized carbons (Fsp3) is 0.190. The maximum Gasteiger partial charge on any atom is 0.169 e. The molecule has 132 valence electrons. The molecule has 0 N–H and O–H groups in total. The van der Waals surface area contributed by atoms with Gasteiger partial charge in [0.15, 0.2) is 11.4 Å². The van der Waals surface area contributed by atoms with Crippen molar-refractivity contribution in [3.8, 4) is 16.5 Å². The first kappa shape index (κ1) is 16.7. The Morgan fingerprint density at radius 3 is 2.73 bits per heavy atom. The van der Waals surface area contributed by atoms with E-state index < -0.39 is 0 Å². The number of hydrogen-bond acceptors (Lipinski definition) is 4. The molecule has 0 unspecified atom stereocenters. The molecule has 0 aliphatic carbocycles. The maximum atomic E-state index is 5.82. The van der Waals surface area contributed by atoms with Crippen molar-refractivity contribution < 1.29 is 8.59 Å². The first-order valence-electron chi connectivity index (χ1n) is 8.64.